The molecular weight excluding hydrogens is 632 g/mol. The second-order valence-corrected chi connectivity index (χ2v) is 12.9. The van der Waals surface area contributed by atoms with Crippen LogP contribution in [-0.2, 0) is 31.2 Å². The average molecular weight is 681 g/mol. The van der Waals surface area contributed by atoms with E-state index in [1.54, 1.807) is 31.6 Å². The van der Waals surface area contributed by atoms with E-state index in [0.717, 1.165) is 94.7 Å². The monoisotopic (exact) mass is 680 g/mol. The molecule has 0 aliphatic carbocycles. The Morgan fingerprint density at radius 2 is 1.80 bits per heavy atom. The van der Waals surface area contributed by atoms with Crippen LogP contribution in [0.2, 0.25) is 0 Å². The van der Waals surface area contributed by atoms with Crippen LogP contribution in [0.4, 0.5) is 23.0 Å². The van der Waals surface area contributed by atoms with Gasteiger partial charge in [0.1, 0.15) is 17.3 Å². The summed E-state index contributed by atoms with van der Waals surface area (Å²) < 4.78 is 9.14. The Kier molecular flexibility index (Phi) is 11.1. The van der Waals surface area contributed by atoms with Crippen LogP contribution >= 0.6 is 0 Å². The molecular formula is C38H48N8O4. The number of aldehydes is 2. The van der Waals surface area contributed by atoms with Crippen LogP contribution in [0.3, 0.4) is 0 Å². The maximum absolute atomic E-state index is 13.2. The first-order valence-electron chi connectivity index (χ1n) is 17.8. The number of pyridine rings is 3. The fraction of sp³-hybridized carbons (Fsp3) is 0.447. The lowest BCUT2D eigenvalue weighted by atomic mass is 10.0. The molecule has 12 nitrogen and oxygen atoms in total. The summed E-state index contributed by atoms with van der Waals surface area (Å²) in [5, 5.41) is 3.21. The predicted molar refractivity (Wildman–Crippen MR) is 197 cm³/mol. The molecule has 1 N–H and O–H groups in total. The van der Waals surface area contributed by atoms with Crippen LogP contribution < -0.4 is 20.7 Å². The van der Waals surface area contributed by atoms with Gasteiger partial charge in [0, 0.05) is 94.7 Å². The number of piperazine rings is 1. The van der Waals surface area contributed by atoms with Gasteiger partial charge in [0.2, 0.25) is 0 Å². The van der Waals surface area contributed by atoms with E-state index < -0.39 is 0 Å². The molecule has 50 heavy (non-hydrogen) atoms. The number of carbonyl (C=O) groups is 2. The molecule has 4 aromatic heterocycles. The van der Waals surface area contributed by atoms with Crippen molar-refractivity contribution >= 4 is 35.6 Å². The van der Waals surface area contributed by atoms with Crippen LogP contribution in [-0.4, -0.2) is 95.6 Å². The number of aryl methyl sites for hydroxylation is 2. The summed E-state index contributed by atoms with van der Waals surface area (Å²) in [4.78, 5) is 53.6. The number of nitrogens with one attached hydrogen (secondary N) is 1. The van der Waals surface area contributed by atoms with Gasteiger partial charge in [-0.25, -0.2) is 9.97 Å². The van der Waals surface area contributed by atoms with Gasteiger partial charge in [-0.2, -0.15) is 0 Å². The topological polar surface area (TPSA) is 118 Å². The van der Waals surface area contributed by atoms with Crippen molar-refractivity contribution in [2.75, 3.05) is 68.1 Å². The number of hydrogen-bond acceptors (Lipinski definition) is 10. The summed E-state index contributed by atoms with van der Waals surface area (Å²) >= 11 is 0. The maximum atomic E-state index is 13.2. The summed E-state index contributed by atoms with van der Waals surface area (Å²) in [6.45, 7) is 11.0. The van der Waals surface area contributed by atoms with E-state index in [-0.39, 0.29) is 5.56 Å². The summed E-state index contributed by atoms with van der Waals surface area (Å²) in [5.74, 6) is 1.11. The van der Waals surface area contributed by atoms with Gasteiger partial charge in [-0.15, -0.1) is 0 Å². The lowest BCUT2D eigenvalue weighted by Crippen LogP contribution is -2.56. The third kappa shape index (κ3) is 7.22. The molecule has 0 saturated carbocycles. The molecule has 7 heterocycles. The molecule has 0 atom stereocenters. The first kappa shape index (κ1) is 35.0. The first-order valence-corrected chi connectivity index (χ1v) is 17.8. The van der Waals surface area contributed by atoms with Crippen LogP contribution in [0.25, 0.3) is 11.1 Å². The highest BCUT2D eigenvalue weighted by molar-refractivity contribution is 5.93. The van der Waals surface area contributed by atoms with Gasteiger partial charge < -0.3 is 29.0 Å². The van der Waals surface area contributed by atoms with Crippen molar-refractivity contribution in [3.05, 3.63) is 81.8 Å². The van der Waals surface area contributed by atoms with E-state index in [1.807, 2.05) is 50.2 Å². The van der Waals surface area contributed by atoms with Crippen molar-refractivity contribution in [3.8, 4) is 11.1 Å². The zero-order valence-corrected chi connectivity index (χ0v) is 29.6. The van der Waals surface area contributed by atoms with Crippen LogP contribution in [0, 0.1) is 0 Å². The molecule has 0 radical (unpaired) electrons. The van der Waals surface area contributed by atoms with Crippen LogP contribution in [0.1, 0.15) is 58.8 Å². The normalized spacial score (nSPS) is 16.1. The minimum atomic E-state index is -0.207. The van der Waals surface area contributed by atoms with Crippen LogP contribution in [0.5, 0.6) is 0 Å². The van der Waals surface area contributed by atoms with E-state index in [4.69, 9.17) is 4.74 Å². The van der Waals surface area contributed by atoms with Gasteiger partial charge in [0.25, 0.3) is 5.56 Å². The lowest BCUT2D eigenvalue weighted by Gasteiger charge is -2.43. The van der Waals surface area contributed by atoms with Crippen molar-refractivity contribution in [2.45, 2.75) is 52.1 Å². The Morgan fingerprint density at radius 3 is 2.48 bits per heavy atom. The maximum Gasteiger partial charge on any atom is 0.274 e. The number of anilines is 4. The SMILES string of the molecule is CC.CN(CCc1c(C=O)cc2n1CCCC2)c1nccc(-c2cc(Nc3ccc(N4CCN(C5COC5)CC4)cn3)c(=O)n(C)c2)c1C=O. The molecule has 0 spiro atoms. The van der Waals surface area contributed by atoms with Crippen molar-refractivity contribution in [2.24, 2.45) is 7.05 Å². The Balaban J connectivity index is 0.00000212. The van der Waals surface area contributed by atoms with E-state index in [9.17, 15) is 14.4 Å². The second-order valence-electron chi connectivity index (χ2n) is 12.9. The van der Waals surface area contributed by atoms with Crippen molar-refractivity contribution < 1.29 is 14.3 Å². The lowest BCUT2D eigenvalue weighted by molar-refractivity contribution is -0.0660. The average Bonchev–Trinajstić information content (AvgIpc) is 3.50. The predicted octanol–water partition coefficient (Wildman–Crippen LogP) is 4.57. The zero-order chi connectivity index (χ0) is 35.2. The number of likely N-dealkylation sites (N-methyl/N-ethyl adjacent to an activating group) is 1. The third-order valence-electron chi connectivity index (χ3n) is 9.97. The minimum absolute atomic E-state index is 0.207. The highest BCUT2D eigenvalue weighted by Gasteiger charge is 2.29. The Labute approximate surface area is 293 Å². The molecule has 3 aliphatic heterocycles. The zero-order valence-electron chi connectivity index (χ0n) is 29.6. The molecule has 4 aromatic rings. The molecule has 2 fully saturated rings. The van der Waals surface area contributed by atoms with E-state index in [1.165, 1.54) is 10.3 Å². The molecule has 0 amide bonds. The number of rotatable bonds is 11. The number of nitrogens with zero attached hydrogens (tertiary/aromatic N) is 7. The van der Waals surface area contributed by atoms with Gasteiger partial charge in [0.15, 0.2) is 12.6 Å². The number of ether oxygens (including phenoxy) is 1. The quantitative estimate of drug-likeness (QED) is 0.226. The Morgan fingerprint density at radius 1 is 1.00 bits per heavy atom. The van der Waals surface area contributed by atoms with Crippen molar-refractivity contribution in [1.82, 2.24) is 24.0 Å². The molecule has 0 aromatic carbocycles. The summed E-state index contributed by atoms with van der Waals surface area (Å²) in [5.41, 5.74) is 6.00. The Hall–Kier alpha value is -4.81. The van der Waals surface area contributed by atoms with Crippen LogP contribution in [0.15, 0.2) is 53.7 Å². The minimum Gasteiger partial charge on any atom is -0.378 e. The third-order valence-corrected chi connectivity index (χ3v) is 9.97. The highest BCUT2D eigenvalue weighted by Crippen LogP contribution is 2.30. The number of carbonyl (C=O) groups excluding carboxylic acids is 2. The molecule has 3 aliphatic rings. The van der Waals surface area contributed by atoms with Crippen molar-refractivity contribution in [3.63, 3.8) is 0 Å². The molecule has 264 valence electrons. The summed E-state index contributed by atoms with van der Waals surface area (Å²) in [6, 6.07) is 10.0. The fourth-order valence-electron chi connectivity index (χ4n) is 7.14. The summed E-state index contributed by atoms with van der Waals surface area (Å²) in [7, 11) is 3.60. The van der Waals surface area contributed by atoms with Gasteiger partial charge in [-0.3, -0.25) is 19.3 Å². The molecule has 7 rings (SSSR count). The van der Waals surface area contributed by atoms with Gasteiger partial charge >= 0.3 is 0 Å². The Bertz CT molecular complexity index is 1860. The van der Waals surface area contributed by atoms with Gasteiger partial charge in [-0.1, -0.05) is 13.8 Å². The van der Waals surface area contributed by atoms with E-state index >= 15 is 0 Å². The second kappa shape index (κ2) is 15.8. The first-order chi connectivity index (χ1) is 24.4. The largest absolute Gasteiger partial charge is 0.378 e. The molecule has 0 bridgehead atoms. The number of fused-ring (bicyclic) bond motifs is 1. The fourth-order valence-corrected chi connectivity index (χ4v) is 7.14. The number of aromatic nitrogens is 4. The summed E-state index contributed by atoms with van der Waals surface area (Å²) in [6.07, 6.45) is 10.9. The van der Waals surface area contributed by atoms with E-state index in [2.05, 4.69) is 29.7 Å². The van der Waals surface area contributed by atoms with Gasteiger partial charge in [-0.05, 0) is 55.2 Å². The van der Waals surface area contributed by atoms with Gasteiger partial charge in [0.05, 0.1) is 36.7 Å². The molecule has 0 unspecified atom stereocenters. The smallest absolute Gasteiger partial charge is 0.274 e. The van der Waals surface area contributed by atoms with E-state index in [0.29, 0.717) is 53.0 Å². The number of hydrogen-bond donors (Lipinski definition) is 1. The molecule has 12 heteroatoms. The van der Waals surface area contributed by atoms with Crippen molar-refractivity contribution in [1.29, 1.82) is 0 Å². The highest BCUT2D eigenvalue weighted by atomic mass is 16.5. The molecule has 2 saturated heterocycles. The standard InChI is InChI=1S/C36H42N8O4.C2H6/c1-40(12-9-33-26(21-45)17-27-5-3-4-11-44(27)33)35-31(22-46)30(8-10-37-35)25-18-32(36(47)41(2)20-25)39-34-7-6-28(19-38-34)42-13-15-43(16-14-42)29-23-48-24-29;1-2/h6-8,10,17-22,29H,3-5,9,11-16,23-24H2,1-2H3,(H,38,39);1-2H3.